The molecule has 0 aliphatic heterocycles. The number of ether oxygens (including phenoxy) is 2. The van der Waals surface area contributed by atoms with Crippen LogP contribution in [0.4, 0.5) is 0 Å². The summed E-state index contributed by atoms with van der Waals surface area (Å²) in [6.45, 7) is 11.5. The van der Waals surface area contributed by atoms with Gasteiger partial charge in [0.25, 0.3) is 0 Å². The van der Waals surface area contributed by atoms with Crippen LogP contribution in [0.1, 0.15) is 16.7 Å². The van der Waals surface area contributed by atoms with Gasteiger partial charge in [-0.25, -0.2) is 4.79 Å². The van der Waals surface area contributed by atoms with Gasteiger partial charge in [-0.2, -0.15) is 0 Å². The average molecular weight is 246 g/mol. The van der Waals surface area contributed by atoms with Crippen molar-refractivity contribution in [1.29, 1.82) is 0 Å². The molecule has 0 radical (unpaired) electrons. The van der Waals surface area contributed by atoms with Crippen molar-refractivity contribution < 1.29 is 14.3 Å². The zero-order chi connectivity index (χ0) is 13.5. The van der Waals surface area contributed by atoms with E-state index in [9.17, 15) is 4.79 Å². The van der Waals surface area contributed by atoms with Crippen LogP contribution < -0.4 is 0 Å². The molecule has 0 amide bonds. The molecule has 0 fully saturated rings. The van der Waals surface area contributed by atoms with Crippen molar-refractivity contribution in [1.82, 2.24) is 0 Å². The molecule has 0 unspecified atom stereocenters. The number of aryl methyl sites for hydroxylation is 2. The summed E-state index contributed by atoms with van der Waals surface area (Å²) in [6, 6.07) is 5.82. The maximum atomic E-state index is 11.7. The zero-order valence-electron chi connectivity index (χ0n) is 10.9. The summed E-state index contributed by atoms with van der Waals surface area (Å²) in [5.74, 6) is -0.467. The Morgan fingerprint density at radius 1 is 1.39 bits per heavy atom. The zero-order valence-corrected chi connectivity index (χ0v) is 10.9. The molecule has 1 aromatic rings. The molecule has 0 aromatic heterocycles. The Hall–Kier alpha value is -1.87. The van der Waals surface area contributed by atoms with Crippen molar-refractivity contribution in [2.45, 2.75) is 13.8 Å². The monoisotopic (exact) mass is 246 g/mol. The molecule has 0 atom stereocenters. The molecule has 18 heavy (non-hydrogen) atoms. The van der Waals surface area contributed by atoms with E-state index in [1.165, 1.54) is 0 Å². The van der Waals surface area contributed by atoms with Gasteiger partial charge in [0.15, 0.2) is 6.79 Å². The van der Waals surface area contributed by atoms with E-state index in [-0.39, 0.29) is 6.79 Å². The van der Waals surface area contributed by atoms with Crippen LogP contribution >= 0.6 is 0 Å². The fourth-order valence-electron chi connectivity index (χ4n) is 1.58. The van der Waals surface area contributed by atoms with Gasteiger partial charge in [-0.1, -0.05) is 36.4 Å². The van der Waals surface area contributed by atoms with Gasteiger partial charge in [0.2, 0.25) is 0 Å². The van der Waals surface area contributed by atoms with Crippen LogP contribution in [-0.2, 0) is 14.3 Å². The van der Waals surface area contributed by atoms with Crippen LogP contribution in [0.2, 0.25) is 0 Å². The number of benzene rings is 1. The highest BCUT2D eigenvalue weighted by Gasteiger charge is 2.12. The summed E-state index contributed by atoms with van der Waals surface area (Å²) >= 11 is 0. The average Bonchev–Trinajstić information content (AvgIpc) is 2.33. The van der Waals surface area contributed by atoms with Crippen molar-refractivity contribution >= 4 is 11.5 Å². The van der Waals surface area contributed by atoms with Gasteiger partial charge in [0.1, 0.15) is 0 Å². The SMILES string of the molecule is C=CCOCOC(=O)C(=C)c1ccc(C)cc1C. The molecule has 0 aliphatic rings. The third-order valence-electron chi connectivity index (χ3n) is 2.46. The largest absolute Gasteiger partial charge is 0.435 e. The molecule has 0 saturated heterocycles. The molecular formula is C15H18O3. The predicted octanol–water partition coefficient (Wildman–Crippen LogP) is 3.02. The summed E-state index contributed by atoms with van der Waals surface area (Å²) in [5.41, 5.74) is 3.29. The van der Waals surface area contributed by atoms with Gasteiger partial charge in [0, 0.05) is 0 Å². The summed E-state index contributed by atoms with van der Waals surface area (Å²) in [5, 5.41) is 0. The minimum absolute atomic E-state index is 0.0885. The van der Waals surface area contributed by atoms with Gasteiger partial charge < -0.3 is 9.47 Å². The lowest BCUT2D eigenvalue weighted by molar-refractivity contribution is -0.147. The third kappa shape index (κ3) is 3.86. The molecule has 0 bridgehead atoms. The fraction of sp³-hybridized carbons (Fsp3) is 0.267. The van der Waals surface area contributed by atoms with Crippen molar-refractivity contribution in [3.63, 3.8) is 0 Å². The van der Waals surface area contributed by atoms with Crippen LogP contribution in [0.15, 0.2) is 37.4 Å². The van der Waals surface area contributed by atoms with Crippen molar-refractivity contribution in [2.24, 2.45) is 0 Å². The first-order chi connectivity index (χ1) is 8.56. The molecule has 0 N–H and O–H groups in total. The van der Waals surface area contributed by atoms with Crippen molar-refractivity contribution in [3.8, 4) is 0 Å². The highest BCUT2D eigenvalue weighted by Crippen LogP contribution is 2.19. The molecule has 3 nitrogen and oxygen atoms in total. The first kappa shape index (κ1) is 14.2. The molecule has 0 saturated carbocycles. The van der Waals surface area contributed by atoms with Crippen LogP contribution in [0.25, 0.3) is 5.57 Å². The Bertz CT molecular complexity index is 461. The van der Waals surface area contributed by atoms with Crippen LogP contribution in [0, 0.1) is 13.8 Å². The highest BCUT2D eigenvalue weighted by atomic mass is 16.7. The maximum absolute atomic E-state index is 11.7. The Kier molecular flexibility index (Phi) is 5.33. The van der Waals surface area contributed by atoms with E-state index in [4.69, 9.17) is 9.47 Å². The van der Waals surface area contributed by atoms with E-state index < -0.39 is 5.97 Å². The maximum Gasteiger partial charge on any atom is 0.340 e. The van der Waals surface area contributed by atoms with E-state index in [0.717, 1.165) is 16.7 Å². The molecular weight excluding hydrogens is 228 g/mol. The molecule has 0 spiro atoms. The lowest BCUT2D eigenvalue weighted by atomic mass is 10.00. The third-order valence-corrected chi connectivity index (χ3v) is 2.46. The Labute approximate surface area is 108 Å². The molecule has 1 aromatic carbocycles. The fourth-order valence-corrected chi connectivity index (χ4v) is 1.58. The van der Waals surface area contributed by atoms with Gasteiger partial charge in [-0.05, 0) is 25.0 Å². The second-order valence-electron chi connectivity index (χ2n) is 4.01. The van der Waals surface area contributed by atoms with Crippen molar-refractivity contribution in [2.75, 3.05) is 13.4 Å². The number of carbonyl (C=O) groups is 1. The van der Waals surface area contributed by atoms with Gasteiger partial charge in [-0.15, -0.1) is 6.58 Å². The lowest BCUT2D eigenvalue weighted by Crippen LogP contribution is -2.10. The summed E-state index contributed by atoms with van der Waals surface area (Å²) in [6.07, 6.45) is 1.59. The molecule has 96 valence electrons. The Balaban J connectivity index is 2.63. The Morgan fingerprint density at radius 2 is 2.11 bits per heavy atom. The first-order valence-corrected chi connectivity index (χ1v) is 5.68. The van der Waals surface area contributed by atoms with E-state index in [2.05, 4.69) is 13.2 Å². The van der Waals surface area contributed by atoms with E-state index >= 15 is 0 Å². The number of carbonyl (C=O) groups excluding carboxylic acids is 1. The minimum atomic E-state index is -0.467. The molecule has 3 heteroatoms. The lowest BCUT2D eigenvalue weighted by Gasteiger charge is -2.10. The van der Waals surface area contributed by atoms with E-state index in [1.54, 1.807) is 6.08 Å². The van der Waals surface area contributed by atoms with Gasteiger partial charge in [0.05, 0.1) is 12.2 Å². The Morgan fingerprint density at radius 3 is 2.72 bits per heavy atom. The normalized spacial score (nSPS) is 9.89. The predicted molar refractivity (Wildman–Crippen MR) is 72.1 cm³/mol. The number of hydrogen-bond acceptors (Lipinski definition) is 3. The second-order valence-corrected chi connectivity index (χ2v) is 4.01. The van der Waals surface area contributed by atoms with Crippen LogP contribution in [0.5, 0.6) is 0 Å². The topological polar surface area (TPSA) is 35.5 Å². The van der Waals surface area contributed by atoms with E-state index in [1.807, 2.05) is 32.0 Å². The second kappa shape index (κ2) is 6.77. The molecule has 0 aliphatic carbocycles. The number of hydrogen-bond donors (Lipinski definition) is 0. The van der Waals surface area contributed by atoms with Crippen LogP contribution in [0.3, 0.4) is 0 Å². The van der Waals surface area contributed by atoms with E-state index in [0.29, 0.717) is 12.2 Å². The number of esters is 1. The minimum Gasteiger partial charge on any atom is -0.435 e. The van der Waals surface area contributed by atoms with Gasteiger partial charge in [-0.3, -0.25) is 0 Å². The molecule has 0 heterocycles. The number of rotatable bonds is 6. The summed E-state index contributed by atoms with van der Waals surface area (Å²) < 4.78 is 9.92. The smallest absolute Gasteiger partial charge is 0.340 e. The first-order valence-electron chi connectivity index (χ1n) is 5.68. The standard InChI is InChI=1S/C15H18O3/c1-5-8-17-10-18-15(16)13(4)14-7-6-11(2)9-12(14)3/h5-7,9H,1,4,8,10H2,2-3H3. The quantitative estimate of drug-likeness (QED) is 0.254. The van der Waals surface area contributed by atoms with Gasteiger partial charge >= 0.3 is 5.97 Å². The summed E-state index contributed by atoms with van der Waals surface area (Å²) in [4.78, 5) is 11.7. The summed E-state index contributed by atoms with van der Waals surface area (Å²) in [7, 11) is 0. The highest BCUT2D eigenvalue weighted by molar-refractivity contribution is 6.16. The molecule has 1 rings (SSSR count). The van der Waals surface area contributed by atoms with Crippen LogP contribution in [-0.4, -0.2) is 19.4 Å². The van der Waals surface area contributed by atoms with Crippen molar-refractivity contribution in [3.05, 3.63) is 54.1 Å².